The number of fused-ring (bicyclic) bond motifs is 1. The molecule has 1 aliphatic carbocycles. The van der Waals surface area contributed by atoms with E-state index in [1.165, 1.54) is 17.4 Å². The van der Waals surface area contributed by atoms with Crippen molar-refractivity contribution in [3.63, 3.8) is 0 Å². The van der Waals surface area contributed by atoms with E-state index in [-0.39, 0.29) is 28.9 Å². The van der Waals surface area contributed by atoms with Gasteiger partial charge in [-0.2, -0.15) is 0 Å². The molecule has 2 fully saturated rings. The zero-order chi connectivity index (χ0) is 27.5. The second-order valence-corrected chi connectivity index (χ2v) is 12.0. The highest BCUT2D eigenvalue weighted by molar-refractivity contribution is 7.17. The first-order valence-corrected chi connectivity index (χ1v) is 13.8. The van der Waals surface area contributed by atoms with Gasteiger partial charge in [0.05, 0.1) is 16.4 Å². The second kappa shape index (κ2) is 9.62. The van der Waals surface area contributed by atoms with Crippen molar-refractivity contribution in [1.82, 2.24) is 24.8 Å². The Morgan fingerprint density at radius 2 is 1.87 bits per heavy atom. The Kier molecular flexibility index (Phi) is 6.36. The summed E-state index contributed by atoms with van der Waals surface area (Å²) in [5, 5.41) is 0.657. The summed E-state index contributed by atoms with van der Waals surface area (Å²) in [5.74, 6) is 0.886. The first kappa shape index (κ1) is 25.8. The number of carbonyl (C=O) groups excluding carboxylic acids is 1. The number of carbonyl (C=O) groups is 1. The summed E-state index contributed by atoms with van der Waals surface area (Å²) in [6.45, 7) is 6.85. The van der Waals surface area contributed by atoms with Crippen LogP contribution in [0, 0.1) is 24.6 Å². The summed E-state index contributed by atoms with van der Waals surface area (Å²) in [6, 6.07) is 9.95. The van der Waals surface area contributed by atoms with Gasteiger partial charge in [-0.1, -0.05) is 11.6 Å². The van der Waals surface area contributed by atoms with Crippen molar-refractivity contribution < 1.29 is 13.9 Å². The van der Waals surface area contributed by atoms with Gasteiger partial charge < -0.3 is 15.4 Å². The molecule has 1 amide bonds. The molecule has 1 saturated heterocycles. The third-order valence-electron chi connectivity index (χ3n) is 7.17. The summed E-state index contributed by atoms with van der Waals surface area (Å²) in [7, 11) is 0. The van der Waals surface area contributed by atoms with Gasteiger partial charge in [-0.15, -0.1) is 11.3 Å². The number of aryl methyl sites for hydroxylation is 1. The van der Waals surface area contributed by atoms with E-state index in [2.05, 4.69) is 19.9 Å². The van der Waals surface area contributed by atoms with E-state index in [1.807, 2.05) is 37.8 Å². The number of likely N-dealkylation sites (tertiary alicyclic amines) is 1. The van der Waals surface area contributed by atoms with Crippen LogP contribution in [-0.4, -0.2) is 49.9 Å². The Morgan fingerprint density at radius 1 is 1.15 bits per heavy atom. The van der Waals surface area contributed by atoms with Crippen molar-refractivity contribution in [2.24, 2.45) is 17.6 Å². The van der Waals surface area contributed by atoms with Crippen LogP contribution >= 0.6 is 22.9 Å². The lowest BCUT2D eigenvalue weighted by Gasteiger charge is -2.22. The second-order valence-electron chi connectivity index (χ2n) is 10.6. The summed E-state index contributed by atoms with van der Waals surface area (Å²) >= 11 is 7.34. The molecule has 2 unspecified atom stereocenters. The smallest absolute Gasteiger partial charge is 0.265 e. The van der Waals surface area contributed by atoms with E-state index >= 15 is 0 Å². The number of thiazole rings is 1. The van der Waals surface area contributed by atoms with Crippen molar-refractivity contribution in [1.29, 1.82) is 0 Å². The lowest BCUT2D eigenvalue weighted by molar-refractivity contribution is 0.0755. The fourth-order valence-electron chi connectivity index (χ4n) is 4.94. The minimum absolute atomic E-state index is 0.0234. The fourth-order valence-corrected chi connectivity index (χ4v) is 6.10. The minimum atomic E-state index is -0.640. The molecule has 1 aromatic carbocycles. The molecule has 0 radical (unpaired) electrons. The Hall–Kier alpha value is -3.47. The maximum atomic E-state index is 13.7. The highest BCUT2D eigenvalue weighted by Gasteiger charge is 2.59. The highest BCUT2D eigenvalue weighted by Crippen LogP contribution is 2.48. The van der Waals surface area contributed by atoms with Crippen LogP contribution in [0.1, 0.15) is 34.8 Å². The molecule has 39 heavy (non-hydrogen) atoms. The highest BCUT2D eigenvalue weighted by atomic mass is 35.5. The van der Waals surface area contributed by atoms with Gasteiger partial charge in [0.2, 0.25) is 5.88 Å². The average molecular weight is 565 g/mol. The number of halogens is 2. The number of hydrogen-bond donors (Lipinski definition) is 1. The van der Waals surface area contributed by atoms with Gasteiger partial charge in [0, 0.05) is 54.5 Å². The zero-order valence-electron chi connectivity index (χ0n) is 21.6. The maximum absolute atomic E-state index is 13.7. The number of piperidine rings is 1. The Balaban J connectivity index is 1.17. The Bertz CT molecular complexity index is 1560. The summed E-state index contributed by atoms with van der Waals surface area (Å²) < 4.78 is 20.1. The van der Waals surface area contributed by atoms with Gasteiger partial charge in [-0.25, -0.2) is 24.3 Å². The van der Waals surface area contributed by atoms with Crippen LogP contribution in [0.2, 0.25) is 5.02 Å². The van der Waals surface area contributed by atoms with Gasteiger partial charge in [-0.3, -0.25) is 4.79 Å². The van der Waals surface area contributed by atoms with Crippen LogP contribution in [0.5, 0.6) is 5.88 Å². The van der Waals surface area contributed by atoms with Crippen molar-refractivity contribution in [2.45, 2.75) is 32.4 Å². The lowest BCUT2D eigenvalue weighted by Crippen LogP contribution is -2.33. The summed E-state index contributed by atoms with van der Waals surface area (Å²) in [6.07, 6.45) is 3.27. The van der Waals surface area contributed by atoms with E-state index in [0.29, 0.717) is 51.6 Å². The van der Waals surface area contributed by atoms with Crippen LogP contribution in [0.25, 0.3) is 22.1 Å². The maximum Gasteiger partial charge on any atom is 0.265 e. The number of rotatable bonds is 6. The normalized spacial score (nSPS) is 20.2. The SMILES string of the molecule is Cc1nc(-c2ncccn2)sc1C(=O)N1CC2C(C1)C2Oc1cc(C(C)(C)N)cc(-c2ccc(F)c(Cl)c2)n1. The van der Waals surface area contributed by atoms with Gasteiger partial charge in [0.15, 0.2) is 10.8 Å². The number of hydrogen-bond acceptors (Lipinski definition) is 8. The van der Waals surface area contributed by atoms with Crippen molar-refractivity contribution >= 4 is 28.8 Å². The van der Waals surface area contributed by atoms with Crippen molar-refractivity contribution in [3.05, 3.63) is 75.8 Å². The molecule has 4 heterocycles. The largest absolute Gasteiger partial charge is 0.474 e. The van der Waals surface area contributed by atoms with Crippen LogP contribution in [0.3, 0.4) is 0 Å². The summed E-state index contributed by atoms with van der Waals surface area (Å²) in [5.41, 5.74) is 8.55. The monoisotopic (exact) mass is 564 g/mol. The summed E-state index contributed by atoms with van der Waals surface area (Å²) in [4.78, 5) is 33.5. The molecule has 2 N–H and O–H groups in total. The first-order chi connectivity index (χ1) is 18.6. The number of nitrogens with two attached hydrogens (primary N) is 1. The third-order valence-corrected chi connectivity index (χ3v) is 8.60. The van der Waals surface area contributed by atoms with Gasteiger partial charge in [0.1, 0.15) is 16.8 Å². The molecule has 4 aromatic rings. The molecule has 1 aliphatic heterocycles. The van der Waals surface area contributed by atoms with E-state index in [1.54, 1.807) is 30.6 Å². The number of aromatic nitrogens is 4. The van der Waals surface area contributed by atoms with E-state index in [4.69, 9.17) is 22.1 Å². The van der Waals surface area contributed by atoms with Crippen molar-refractivity contribution in [3.8, 4) is 28.0 Å². The van der Waals surface area contributed by atoms with Crippen LogP contribution in [0.15, 0.2) is 48.8 Å². The molecule has 2 aliphatic rings. The van der Waals surface area contributed by atoms with Crippen LogP contribution in [0.4, 0.5) is 4.39 Å². The number of amides is 1. The molecule has 1 saturated carbocycles. The zero-order valence-corrected chi connectivity index (χ0v) is 23.1. The number of pyridine rings is 1. The first-order valence-electron chi connectivity index (χ1n) is 12.6. The van der Waals surface area contributed by atoms with E-state index < -0.39 is 11.4 Å². The fraction of sp³-hybridized carbons (Fsp3) is 0.321. The molecule has 6 rings (SSSR count). The number of ether oxygens (including phenoxy) is 1. The molecule has 3 aromatic heterocycles. The predicted molar refractivity (Wildman–Crippen MR) is 147 cm³/mol. The molecule has 11 heteroatoms. The molecule has 0 bridgehead atoms. The lowest BCUT2D eigenvalue weighted by atomic mass is 9.95. The molecule has 200 valence electrons. The molecule has 2 atom stereocenters. The topological polar surface area (TPSA) is 107 Å². The number of nitrogens with zero attached hydrogens (tertiary/aromatic N) is 5. The molecular formula is C28H26ClFN6O2S. The molecular weight excluding hydrogens is 539 g/mol. The van der Waals surface area contributed by atoms with Gasteiger partial charge in [0.25, 0.3) is 5.91 Å². The van der Waals surface area contributed by atoms with Crippen LogP contribution in [-0.2, 0) is 5.54 Å². The molecule has 8 nitrogen and oxygen atoms in total. The Morgan fingerprint density at radius 3 is 2.54 bits per heavy atom. The van der Waals surface area contributed by atoms with E-state index in [0.717, 1.165) is 5.56 Å². The predicted octanol–water partition coefficient (Wildman–Crippen LogP) is 5.11. The third kappa shape index (κ3) is 4.99. The van der Waals surface area contributed by atoms with E-state index in [9.17, 15) is 9.18 Å². The van der Waals surface area contributed by atoms with Gasteiger partial charge in [-0.05, 0) is 56.7 Å². The van der Waals surface area contributed by atoms with Crippen molar-refractivity contribution in [2.75, 3.05) is 13.1 Å². The Labute approximate surface area is 234 Å². The number of benzene rings is 1. The quantitative estimate of drug-likeness (QED) is 0.347. The van der Waals surface area contributed by atoms with Gasteiger partial charge >= 0.3 is 0 Å². The van der Waals surface area contributed by atoms with Crippen LogP contribution < -0.4 is 10.5 Å². The minimum Gasteiger partial charge on any atom is -0.474 e. The molecule has 0 spiro atoms. The standard InChI is InChI=1S/C28H26ClFN6O2S/c1-14-24(39-26(34-14)25-32-7-4-8-33-25)27(37)36-12-17-18(13-36)23(17)38-22-11-16(28(2,3)31)10-21(35-22)15-5-6-20(30)19(29)9-15/h4-11,17-18,23H,12-13,31H2,1-3H3. The average Bonchev–Trinajstić information content (AvgIpc) is 3.22.